The lowest BCUT2D eigenvalue weighted by atomic mass is 9.93. The van der Waals surface area contributed by atoms with E-state index in [1.807, 2.05) is 13.8 Å². The van der Waals surface area contributed by atoms with Crippen molar-refractivity contribution in [2.45, 2.75) is 52.1 Å². The number of thiophene rings is 1. The van der Waals surface area contributed by atoms with Crippen LogP contribution in [-0.2, 0) is 6.42 Å². The number of hydrogen-bond donors (Lipinski definition) is 1. The Morgan fingerprint density at radius 3 is 2.90 bits per heavy atom. The first-order valence-corrected chi connectivity index (χ1v) is 8.35. The molecular weight excluding hydrogens is 290 g/mol. The molecule has 2 aromatic heterocycles. The predicted molar refractivity (Wildman–Crippen MR) is 84.7 cm³/mol. The zero-order valence-corrected chi connectivity index (χ0v) is 13.7. The predicted octanol–water partition coefficient (Wildman–Crippen LogP) is 5.34. The fourth-order valence-corrected chi connectivity index (χ4v) is 4.55. The first-order chi connectivity index (χ1) is 9.54. The average Bonchev–Trinajstić information content (AvgIpc) is 2.91. The van der Waals surface area contributed by atoms with Gasteiger partial charge in [0.05, 0.1) is 4.34 Å². The van der Waals surface area contributed by atoms with E-state index in [1.165, 1.54) is 35.3 Å². The Morgan fingerprint density at radius 1 is 1.40 bits per heavy atom. The molecule has 2 unspecified atom stereocenters. The van der Waals surface area contributed by atoms with Crippen molar-refractivity contribution in [1.82, 2.24) is 5.32 Å². The van der Waals surface area contributed by atoms with E-state index < -0.39 is 0 Å². The summed E-state index contributed by atoms with van der Waals surface area (Å²) in [7, 11) is 0. The molecule has 4 heteroatoms. The molecule has 0 spiro atoms. The normalized spacial score (nSPS) is 19.9. The summed E-state index contributed by atoms with van der Waals surface area (Å²) < 4.78 is 6.55. The fourth-order valence-electron chi connectivity index (χ4n) is 3.17. The summed E-state index contributed by atoms with van der Waals surface area (Å²) in [4.78, 5) is 1.45. The number of furan rings is 1. The Bertz CT molecular complexity index is 616. The van der Waals surface area contributed by atoms with Crippen LogP contribution in [0.3, 0.4) is 0 Å². The molecule has 2 aromatic rings. The summed E-state index contributed by atoms with van der Waals surface area (Å²) in [5.41, 5.74) is 2.66. The van der Waals surface area contributed by atoms with Gasteiger partial charge in [-0.1, -0.05) is 11.6 Å². The van der Waals surface area contributed by atoms with Crippen molar-refractivity contribution in [1.29, 1.82) is 0 Å². The standard InChI is InChI=1S/C16H20ClNOS/c1-9-7-12(11(3)19-9)10(2)18-14-5-4-6-15-13(14)8-16(17)20-15/h7-8,10,14,18H,4-6H2,1-3H3. The molecule has 1 aliphatic carbocycles. The molecule has 2 atom stereocenters. The molecule has 3 rings (SSSR count). The minimum atomic E-state index is 0.294. The number of aryl methyl sites for hydroxylation is 3. The third-order valence-corrected chi connectivity index (χ3v) is 5.42. The van der Waals surface area contributed by atoms with Gasteiger partial charge in [-0.15, -0.1) is 11.3 Å². The van der Waals surface area contributed by atoms with Crippen molar-refractivity contribution < 1.29 is 4.42 Å². The largest absolute Gasteiger partial charge is 0.466 e. The highest BCUT2D eigenvalue weighted by molar-refractivity contribution is 7.16. The Balaban J connectivity index is 1.80. The quantitative estimate of drug-likeness (QED) is 0.828. The second kappa shape index (κ2) is 5.55. The molecular formula is C16H20ClNOS. The molecule has 0 aliphatic heterocycles. The number of nitrogens with one attached hydrogen (secondary N) is 1. The number of hydrogen-bond acceptors (Lipinski definition) is 3. The van der Waals surface area contributed by atoms with Crippen molar-refractivity contribution in [2.75, 3.05) is 0 Å². The molecule has 0 radical (unpaired) electrons. The van der Waals surface area contributed by atoms with Crippen LogP contribution < -0.4 is 5.32 Å². The average molecular weight is 310 g/mol. The Kier molecular flexibility index (Phi) is 3.93. The van der Waals surface area contributed by atoms with Gasteiger partial charge in [-0.2, -0.15) is 0 Å². The summed E-state index contributed by atoms with van der Waals surface area (Å²) in [5, 5.41) is 3.75. The van der Waals surface area contributed by atoms with Crippen LogP contribution in [0.1, 0.15) is 59.4 Å². The highest BCUT2D eigenvalue weighted by atomic mass is 35.5. The van der Waals surface area contributed by atoms with E-state index in [9.17, 15) is 0 Å². The first kappa shape index (κ1) is 14.2. The lowest BCUT2D eigenvalue weighted by Gasteiger charge is -2.27. The zero-order chi connectivity index (χ0) is 14.3. The van der Waals surface area contributed by atoms with E-state index in [4.69, 9.17) is 16.0 Å². The van der Waals surface area contributed by atoms with Gasteiger partial charge in [0.25, 0.3) is 0 Å². The number of rotatable bonds is 3. The molecule has 2 nitrogen and oxygen atoms in total. The smallest absolute Gasteiger partial charge is 0.105 e. The Morgan fingerprint density at radius 2 is 2.20 bits per heavy atom. The molecule has 0 saturated carbocycles. The van der Waals surface area contributed by atoms with Crippen LogP contribution >= 0.6 is 22.9 Å². The molecule has 20 heavy (non-hydrogen) atoms. The third kappa shape index (κ3) is 2.67. The Hall–Kier alpha value is -0.770. The maximum atomic E-state index is 6.17. The fraction of sp³-hybridized carbons (Fsp3) is 0.500. The van der Waals surface area contributed by atoms with Crippen LogP contribution in [-0.4, -0.2) is 0 Å². The maximum absolute atomic E-state index is 6.17. The van der Waals surface area contributed by atoms with Gasteiger partial charge in [0, 0.05) is 22.5 Å². The van der Waals surface area contributed by atoms with Crippen molar-refractivity contribution in [2.24, 2.45) is 0 Å². The second-order valence-electron chi connectivity index (χ2n) is 5.63. The van der Waals surface area contributed by atoms with E-state index in [2.05, 4.69) is 24.4 Å². The molecule has 0 amide bonds. The summed E-state index contributed by atoms with van der Waals surface area (Å²) in [6.07, 6.45) is 3.58. The second-order valence-corrected chi connectivity index (χ2v) is 7.40. The van der Waals surface area contributed by atoms with Crippen LogP contribution in [0, 0.1) is 13.8 Å². The summed E-state index contributed by atoms with van der Waals surface area (Å²) >= 11 is 7.91. The lowest BCUT2D eigenvalue weighted by Crippen LogP contribution is -2.27. The van der Waals surface area contributed by atoms with E-state index in [0.717, 1.165) is 15.9 Å². The molecule has 1 aliphatic rings. The van der Waals surface area contributed by atoms with Gasteiger partial charge < -0.3 is 9.73 Å². The monoisotopic (exact) mass is 309 g/mol. The zero-order valence-electron chi connectivity index (χ0n) is 12.1. The van der Waals surface area contributed by atoms with Crippen LogP contribution in [0.5, 0.6) is 0 Å². The van der Waals surface area contributed by atoms with Crippen LogP contribution in [0.25, 0.3) is 0 Å². The van der Waals surface area contributed by atoms with Gasteiger partial charge in [0.15, 0.2) is 0 Å². The van der Waals surface area contributed by atoms with Gasteiger partial charge in [-0.25, -0.2) is 0 Å². The topological polar surface area (TPSA) is 25.2 Å². The summed E-state index contributed by atoms with van der Waals surface area (Å²) in [6, 6.07) is 4.98. The van der Waals surface area contributed by atoms with E-state index in [1.54, 1.807) is 11.3 Å². The van der Waals surface area contributed by atoms with Crippen LogP contribution in [0.4, 0.5) is 0 Å². The van der Waals surface area contributed by atoms with Crippen LogP contribution in [0.2, 0.25) is 4.34 Å². The first-order valence-electron chi connectivity index (χ1n) is 7.15. The molecule has 0 bridgehead atoms. The number of halogens is 1. The molecule has 0 fully saturated rings. The van der Waals surface area contributed by atoms with E-state index in [0.29, 0.717) is 12.1 Å². The van der Waals surface area contributed by atoms with Gasteiger partial charge >= 0.3 is 0 Å². The van der Waals surface area contributed by atoms with Crippen molar-refractivity contribution in [3.63, 3.8) is 0 Å². The lowest BCUT2D eigenvalue weighted by molar-refractivity contribution is 0.412. The minimum Gasteiger partial charge on any atom is -0.466 e. The minimum absolute atomic E-state index is 0.294. The van der Waals surface area contributed by atoms with Gasteiger partial charge in [0.1, 0.15) is 11.5 Å². The highest BCUT2D eigenvalue weighted by Crippen LogP contribution is 2.39. The maximum Gasteiger partial charge on any atom is 0.105 e. The SMILES string of the molecule is Cc1cc(C(C)NC2CCCc3sc(Cl)cc32)c(C)o1. The van der Waals surface area contributed by atoms with Crippen molar-refractivity contribution in [3.05, 3.63) is 44.0 Å². The Labute approximate surface area is 129 Å². The third-order valence-electron chi connectivity index (χ3n) is 4.08. The van der Waals surface area contributed by atoms with E-state index in [-0.39, 0.29) is 0 Å². The van der Waals surface area contributed by atoms with Gasteiger partial charge in [-0.05, 0) is 57.7 Å². The molecule has 0 aromatic carbocycles. The molecule has 1 N–H and O–H groups in total. The molecule has 108 valence electrons. The van der Waals surface area contributed by atoms with Gasteiger partial charge in [-0.3, -0.25) is 0 Å². The van der Waals surface area contributed by atoms with Crippen LogP contribution in [0.15, 0.2) is 16.5 Å². The molecule has 2 heterocycles. The van der Waals surface area contributed by atoms with Crippen molar-refractivity contribution in [3.8, 4) is 0 Å². The van der Waals surface area contributed by atoms with E-state index >= 15 is 0 Å². The van der Waals surface area contributed by atoms with Crippen molar-refractivity contribution >= 4 is 22.9 Å². The number of fused-ring (bicyclic) bond motifs is 1. The summed E-state index contributed by atoms with van der Waals surface area (Å²) in [5.74, 6) is 2.00. The van der Waals surface area contributed by atoms with Gasteiger partial charge in [0.2, 0.25) is 0 Å². The molecule has 0 saturated heterocycles. The highest BCUT2D eigenvalue weighted by Gasteiger charge is 2.25. The summed E-state index contributed by atoms with van der Waals surface area (Å²) in [6.45, 7) is 6.24.